The Morgan fingerprint density at radius 3 is 1.59 bits per heavy atom. The Balaban J connectivity index is 1.57. The molecular formula is C27H33OP. The Morgan fingerprint density at radius 1 is 0.552 bits per heavy atom. The second-order valence-electron chi connectivity index (χ2n) is 7.47. The van der Waals surface area contributed by atoms with Crippen LogP contribution in [0, 0.1) is 0 Å². The Morgan fingerprint density at radius 2 is 1.03 bits per heavy atom. The monoisotopic (exact) mass is 404 g/mol. The highest BCUT2D eigenvalue weighted by atomic mass is 31.1. The molecule has 3 aromatic carbocycles. The van der Waals surface area contributed by atoms with Crippen LogP contribution in [0.25, 0.3) is 0 Å². The molecule has 0 aliphatic carbocycles. The average molecular weight is 405 g/mol. The number of benzene rings is 3. The van der Waals surface area contributed by atoms with E-state index < -0.39 is 7.92 Å². The zero-order chi connectivity index (χ0) is 20.2. The molecule has 0 bridgehead atoms. The molecule has 3 rings (SSSR count). The molecule has 0 heterocycles. The van der Waals surface area contributed by atoms with E-state index in [1.165, 1.54) is 54.4 Å². The smallest absolute Gasteiger partial charge is 0.119 e. The maximum atomic E-state index is 5.99. The molecule has 0 fully saturated rings. The molecule has 29 heavy (non-hydrogen) atoms. The molecule has 2 heteroatoms. The van der Waals surface area contributed by atoms with E-state index in [1.54, 1.807) is 0 Å². The lowest BCUT2D eigenvalue weighted by molar-refractivity contribution is 0.304. The van der Waals surface area contributed by atoms with E-state index in [2.05, 4.69) is 91.9 Å². The van der Waals surface area contributed by atoms with Gasteiger partial charge in [0.15, 0.2) is 0 Å². The minimum Gasteiger partial charge on any atom is -0.494 e. The number of hydrogen-bond acceptors (Lipinski definition) is 1. The summed E-state index contributed by atoms with van der Waals surface area (Å²) in [7, 11) is -0.540. The van der Waals surface area contributed by atoms with Crippen molar-refractivity contribution >= 4 is 23.8 Å². The van der Waals surface area contributed by atoms with Crippen LogP contribution in [-0.2, 0) is 0 Å². The lowest BCUT2D eigenvalue weighted by atomic mass is 10.1. The molecule has 0 aliphatic heterocycles. The van der Waals surface area contributed by atoms with Crippen LogP contribution < -0.4 is 20.7 Å². The third-order valence-electron chi connectivity index (χ3n) is 5.14. The fraction of sp³-hybridized carbons (Fsp3) is 0.333. The molecular weight excluding hydrogens is 371 g/mol. The molecule has 3 aromatic rings. The molecule has 0 radical (unpaired) electrons. The molecule has 152 valence electrons. The van der Waals surface area contributed by atoms with Crippen LogP contribution in [0.5, 0.6) is 5.75 Å². The summed E-state index contributed by atoms with van der Waals surface area (Å²) in [5, 5.41) is 4.12. The van der Waals surface area contributed by atoms with E-state index in [9.17, 15) is 0 Å². The molecule has 1 nitrogen and oxygen atoms in total. The molecule has 0 N–H and O–H groups in total. The summed E-state index contributed by atoms with van der Waals surface area (Å²) in [5.74, 6) is 0.982. The molecule has 0 saturated carbocycles. The maximum absolute atomic E-state index is 5.99. The van der Waals surface area contributed by atoms with Gasteiger partial charge in [-0.1, -0.05) is 118 Å². The van der Waals surface area contributed by atoms with Gasteiger partial charge in [-0.15, -0.1) is 0 Å². The van der Waals surface area contributed by atoms with Crippen molar-refractivity contribution in [1.82, 2.24) is 0 Å². The molecule has 0 saturated heterocycles. The van der Waals surface area contributed by atoms with Gasteiger partial charge in [-0.05, 0) is 42.4 Å². The maximum Gasteiger partial charge on any atom is 0.119 e. The standard InChI is InChI=1S/C27H33OP/c1-2-3-4-5-6-7-14-23-28-24-19-21-27(22-20-24)29(25-15-10-8-11-16-25)26-17-12-9-13-18-26/h8-13,15-22H,2-7,14,23H2,1H3. The van der Waals surface area contributed by atoms with Gasteiger partial charge in [-0.25, -0.2) is 0 Å². The molecule has 0 atom stereocenters. The summed E-state index contributed by atoms with van der Waals surface area (Å²) < 4.78 is 5.99. The van der Waals surface area contributed by atoms with Crippen LogP contribution in [0.15, 0.2) is 84.9 Å². The predicted octanol–water partition coefficient (Wildman–Crippen LogP) is 6.57. The highest BCUT2D eigenvalue weighted by molar-refractivity contribution is 7.79. The Labute approximate surface area is 177 Å². The summed E-state index contributed by atoms with van der Waals surface area (Å²) in [5.41, 5.74) is 0. The number of rotatable bonds is 12. The first-order valence-electron chi connectivity index (χ1n) is 11.0. The van der Waals surface area contributed by atoms with Crippen molar-refractivity contribution in [3.8, 4) is 5.75 Å². The SMILES string of the molecule is CCCCCCCCCOc1ccc(P(c2ccccc2)c2ccccc2)cc1. The van der Waals surface area contributed by atoms with Gasteiger partial charge in [-0.3, -0.25) is 0 Å². The first-order valence-corrected chi connectivity index (χ1v) is 12.4. The lowest BCUT2D eigenvalue weighted by Gasteiger charge is -2.19. The fourth-order valence-corrected chi connectivity index (χ4v) is 5.82. The van der Waals surface area contributed by atoms with Gasteiger partial charge in [0.05, 0.1) is 6.61 Å². The van der Waals surface area contributed by atoms with Crippen LogP contribution >= 0.6 is 7.92 Å². The minimum absolute atomic E-state index is 0.540. The van der Waals surface area contributed by atoms with Gasteiger partial charge >= 0.3 is 0 Å². The zero-order valence-electron chi connectivity index (χ0n) is 17.6. The van der Waals surface area contributed by atoms with Crippen molar-refractivity contribution in [3.05, 3.63) is 84.9 Å². The van der Waals surface area contributed by atoms with Crippen molar-refractivity contribution < 1.29 is 4.74 Å². The minimum atomic E-state index is -0.540. The summed E-state index contributed by atoms with van der Waals surface area (Å²) in [6.07, 6.45) is 9.19. The van der Waals surface area contributed by atoms with Crippen LogP contribution in [0.2, 0.25) is 0 Å². The third-order valence-corrected chi connectivity index (χ3v) is 7.58. The van der Waals surface area contributed by atoms with E-state index >= 15 is 0 Å². The van der Waals surface area contributed by atoms with E-state index in [0.717, 1.165) is 18.8 Å². The van der Waals surface area contributed by atoms with Crippen molar-refractivity contribution in [2.24, 2.45) is 0 Å². The van der Waals surface area contributed by atoms with Crippen molar-refractivity contribution in [3.63, 3.8) is 0 Å². The summed E-state index contributed by atoms with van der Waals surface area (Å²) >= 11 is 0. The number of ether oxygens (including phenoxy) is 1. The third kappa shape index (κ3) is 7.02. The number of hydrogen-bond donors (Lipinski definition) is 0. The normalized spacial score (nSPS) is 11.0. The first kappa shape index (κ1) is 21.6. The molecule has 0 aromatic heterocycles. The van der Waals surface area contributed by atoms with Crippen LogP contribution in [-0.4, -0.2) is 6.61 Å². The predicted molar refractivity (Wildman–Crippen MR) is 129 cm³/mol. The van der Waals surface area contributed by atoms with Crippen molar-refractivity contribution in [2.45, 2.75) is 51.9 Å². The van der Waals surface area contributed by atoms with Crippen LogP contribution in [0.1, 0.15) is 51.9 Å². The average Bonchev–Trinajstić information content (AvgIpc) is 2.78. The first-order chi connectivity index (χ1) is 14.4. The quantitative estimate of drug-likeness (QED) is 0.245. The van der Waals surface area contributed by atoms with E-state index in [1.807, 2.05) is 0 Å². The molecule has 0 aliphatic rings. The second-order valence-corrected chi connectivity index (χ2v) is 9.69. The number of unbranched alkanes of at least 4 members (excludes halogenated alkanes) is 6. The Hall–Kier alpha value is -2.11. The van der Waals surface area contributed by atoms with Crippen molar-refractivity contribution in [1.29, 1.82) is 0 Å². The molecule has 0 spiro atoms. The summed E-state index contributed by atoms with van der Waals surface area (Å²) in [4.78, 5) is 0. The largest absolute Gasteiger partial charge is 0.494 e. The van der Waals surface area contributed by atoms with Gasteiger partial charge < -0.3 is 4.74 Å². The molecule has 0 amide bonds. The van der Waals surface area contributed by atoms with Gasteiger partial charge in [0.25, 0.3) is 0 Å². The highest BCUT2D eigenvalue weighted by Crippen LogP contribution is 2.33. The van der Waals surface area contributed by atoms with Gasteiger partial charge in [0, 0.05) is 0 Å². The summed E-state index contributed by atoms with van der Waals surface area (Å²) in [6.45, 7) is 3.08. The Bertz CT molecular complexity index is 759. The van der Waals surface area contributed by atoms with Gasteiger partial charge in [0.2, 0.25) is 0 Å². The fourth-order valence-electron chi connectivity index (χ4n) is 3.54. The van der Waals surface area contributed by atoms with Gasteiger partial charge in [-0.2, -0.15) is 0 Å². The zero-order valence-corrected chi connectivity index (χ0v) is 18.5. The van der Waals surface area contributed by atoms with Crippen LogP contribution in [0.4, 0.5) is 0 Å². The van der Waals surface area contributed by atoms with E-state index in [-0.39, 0.29) is 0 Å². The second kappa shape index (κ2) is 12.5. The summed E-state index contributed by atoms with van der Waals surface area (Å²) in [6, 6.07) is 30.4. The lowest BCUT2D eigenvalue weighted by Crippen LogP contribution is -2.20. The highest BCUT2D eigenvalue weighted by Gasteiger charge is 2.15. The van der Waals surface area contributed by atoms with Gasteiger partial charge in [0.1, 0.15) is 5.75 Å². The van der Waals surface area contributed by atoms with E-state index in [4.69, 9.17) is 4.74 Å². The van der Waals surface area contributed by atoms with E-state index in [0.29, 0.717) is 0 Å². The topological polar surface area (TPSA) is 9.23 Å². The van der Waals surface area contributed by atoms with Crippen molar-refractivity contribution in [2.75, 3.05) is 6.61 Å². The molecule has 0 unspecified atom stereocenters. The van der Waals surface area contributed by atoms with Crippen LogP contribution in [0.3, 0.4) is 0 Å². The Kier molecular flexibility index (Phi) is 9.27.